The number of rotatable bonds is 2. The Morgan fingerprint density at radius 2 is 2.67 bits per heavy atom. The molecule has 1 unspecified atom stereocenters. The highest BCUT2D eigenvalue weighted by Gasteiger charge is 2.27. The molecular weight excluding hydrogens is 196 g/mol. The molecule has 0 aromatic heterocycles. The van der Waals surface area contributed by atoms with Gasteiger partial charge in [-0.3, -0.25) is 0 Å². The van der Waals surface area contributed by atoms with Gasteiger partial charge < -0.3 is 9.29 Å². The van der Waals surface area contributed by atoms with Crippen molar-refractivity contribution in [3.8, 4) is 0 Å². The second-order valence-electron chi connectivity index (χ2n) is 2.12. The fourth-order valence-corrected chi connectivity index (χ4v) is 3.22. The van der Waals surface area contributed by atoms with Crippen molar-refractivity contribution in [2.75, 3.05) is 18.1 Å². The minimum Gasteiger partial charge on any atom is -0.611 e. The Bertz CT molecular complexity index is 203. The minimum atomic E-state index is -1.14. The zero-order valence-corrected chi connectivity index (χ0v) is 8.37. The van der Waals surface area contributed by atoms with E-state index in [0.29, 0.717) is 17.3 Å². The molecule has 0 radical (unpaired) electrons. The van der Waals surface area contributed by atoms with E-state index in [2.05, 4.69) is 0 Å². The summed E-state index contributed by atoms with van der Waals surface area (Å²) in [4.78, 5) is 11.4. The molecule has 1 aliphatic rings. The van der Waals surface area contributed by atoms with Crippen molar-refractivity contribution in [1.82, 2.24) is 0 Å². The standard InChI is InChI=1S/C7H10O3S2/c1-2-10-7(8)6-5-11-3-4-12(6)9/h5H,2-4H2,1H3. The molecule has 0 saturated heterocycles. The zero-order valence-electron chi connectivity index (χ0n) is 6.74. The van der Waals surface area contributed by atoms with Crippen LogP contribution in [0.5, 0.6) is 0 Å². The summed E-state index contributed by atoms with van der Waals surface area (Å²) in [5, 5.41) is 1.64. The first-order chi connectivity index (χ1) is 5.75. The Morgan fingerprint density at radius 3 is 3.25 bits per heavy atom. The summed E-state index contributed by atoms with van der Waals surface area (Å²) in [5.74, 6) is 0.924. The largest absolute Gasteiger partial charge is 0.611 e. The van der Waals surface area contributed by atoms with Gasteiger partial charge in [-0.1, -0.05) is 0 Å². The van der Waals surface area contributed by atoms with Gasteiger partial charge in [0.2, 0.25) is 4.91 Å². The predicted molar refractivity (Wildman–Crippen MR) is 50.2 cm³/mol. The number of carbonyl (C=O) groups is 1. The van der Waals surface area contributed by atoms with Crippen LogP contribution in [0.1, 0.15) is 6.92 Å². The second kappa shape index (κ2) is 4.79. The molecule has 0 aromatic rings. The van der Waals surface area contributed by atoms with Crippen molar-refractivity contribution in [2.24, 2.45) is 0 Å². The third kappa shape index (κ3) is 2.43. The van der Waals surface area contributed by atoms with Crippen molar-refractivity contribution >= 4 is 28.9 Å². The number of ether oxygens (including phenoxy) is 1. The van der Waals surface area contributed by atoms with E-state index < -0.39 is 17.1 Å². The van der Waals surface area contributed by atoms with Crippen LogP contribution in [0.25, 0.3) is 0 Å². The van der Waals surface area contributed by atoms with Gasteiger partial charge in [0, 0.05) is 11.2 Å². The summed E-state index contributed by atoms with van der Waals surface area (Å²) in [6.45, 7) is 2.06. The summed E-state index contributed by atoms with van der Waals surface area (Å²) in [6.07, 6.45) is 0. The van der Waals surface area contributed by atoms with Crippen LogP contribution in [0.4, 0.5) is 0 Å². The van der Waals surface area contributed by atoms with Gasteiger partial charge in [-0.25, -0.2) is 4.79 Å². The summed E-state index contributed by atoms with van der Waals surface area (Å²) >= 11 is 0.361. The topological polar surface area (TPSA) is 49.4 Å². The third-order valence-corrected chi connectivity index (χ3v) is 3.90. The summed E-state index contributed by atoms with van der Waals surface area (Å²) in [5.41, 5.74) is 0. The monoisotopic (exact) mass is 206 g/mol. The molecule has 0 amide bonds. The molecule has 0 spiro atoms. The maximum absolute atomic E-state index is 11.2. The molecule has 1 heterocycles. The van der Waals surface area contributed by atoms with Crippen molar-refractivity contribution < 1.29 is 14.1 Å². The van der Waals surface area contributed by atoms with E-state index in [1.807, 2.05) is 0 Å². The lowest BCUT2D eigenvalue weighted by Gasteiger charge is -2.15. The van der Waals surface area contributed by atoms with E-state index in [4.69, 9.17) is 4.74 Å². The Balaban J connectivity index is 2.59. The molecule has 0 aliphatic carbocycles. The first-order valence-electron chi connectivity index (χ1n) is 3.63. The lowest BCUT2D eigenvalue weighted by atomic mass is 10.6. The lowest BCUT2D eigenvalue weighted by Crippen LogP contribution is -2.22. The number of hydrogen-bond acceptors (Lipinski definition) is 4. The van der Waals surface area contributed by atoms with E-state index in [0.717, 1.165) is 5.75 Å². The van der Waals surface area contributed by atoms with Gasteiger partial charge in [0.25, 0.3) is 0 Å². The molecule has 1 aliphatic heterocycles. The average molecular weight is 206 g/mol. The molecule has 0 bridgehead atoms. The van der Waals surface area contributed by atoms with Gasteiger partial charge in [-0.15, -0.1) is 11.8 Å². The van der Waals surface area contributed by atoms with Gasteiger partial charge in [-0.05, 0) is 18.1 Å². The highest BCUT2D eigenvalue weighted by molar-refractivity contribution is 8.06. The molecule has 5 heteroatoms. The highest BCUT2D eigenvalue weighted by Crippen LogP contribution is 2.21. The predicted octanol–water partition coefficient (Wildman–Crippen LogP) is 0.886. The molecule has 0 aromatic carbocycles. The molecule has 1 rings (SSSR count). The van der Waals surface area contributed by atoms with Crippen LogP contribution in [0.2, 0.25) is 0 Å². The van der Waals surface area contributed by atoms with E-state index in [9.17, 15) is 9.35 Å². The summed E-state index contributed by atoms with van der Waals surface area (Å²) < 4.78 is 16.0. The quantitative estimate of drug-likeness (QED) is 0.497. The van der Waals surface area contributed by atoms with Gasteiger partial charge in [0.05, 0.1) is 6.61 Å². The van der Waals surface area contributed by atoms with Crippen LogP contribution < -0.4 is 0 Å². The first-order valence-corrected chi connectivity index (χ1v) is 5.99. The molecule has 0 fully saturated rings. The van der Waals surface area contributed by atoms with Crippen molar-refractivity contribution in [3.63, 3.8) is 0 Å². The zero-order chi connectivity index (χ0) is 8.97. The average Bonchev–Trinajstić information content (AvgIpc) is 2.05. The number of esters is 1. The van der Waals surface area contributed by atoms with Crippen molar-refractivity contribution in [2.45, 2.75) is 6.92 Å². The Hall–Kier alpha value is -0.130. The number of hydrogen-bond donors (Lipinski definition) is 0. The number of carbonyl (C=O) groups excluding carboxylic acids is 1. The molecule has 3 nitrogen and oxygen atoms in total. The van der Waals surface area contributed by atoms with Gasteiger partial charge in [0.1, 0.15) is 5.75 Å². The van der Waals surface area contributed by atoms with Crippen LogP contribution in [-0.4, -0.2) is 28.6 Å². The Kier molecular flexibility index (Phi) is 3.97. The van der Waals surface area contributed by atoms with Crippen molar-refractivity contribution in [3.05, 3.63) is 10.3 Å². The molecule has 68 valence electrons. The molecule has 12 heavy (non-hydrogen) atoms. The van der Waals surface area contributed by atoms with Gasteiger partial charge >= 0.3 is 5.97 Å². The van der Waals surface area contributed by atoms with E-state index >= 15 is 0 Å². The fourth-order valence-electron chi connectivity index (χ4n) is 0.765. The third-order valence-electron chi connectivity index (χ3n) is 1.30. The maximum Gasteiger partial charge on any atom is 0.387 e. The van der Waals surface area contributed by atoms with Crippen LogP contribution >= 0.6 is 11.8 Å². The van der Waals surface area contributed by atoms with Gasteiger partial charge in [-0.2, -0.15) is 0 Å². The summed E-state index contributed by atoms with van der Waals surface area (Å²) in [7, 11) is 0. The highest BCUT2D eigenvalue weighted by atomic mass is 32.2. The molecule has 0 N–H and O–H groups in total. The van der Waals surface area contributed by atoms with E-state index in [1.165, 1.54) is 11.8 Å². The molecule has 1 atom stereocenters. The normalized spacial score (nSPS) is 23.2. The van der Waals surface area contributed by atoms with Crippen LogP contribution in [0.15, 0.2) is 10.3 Å². The SMILES string of the molecule is CCOC(=O)C1=CSCC[S+]1[O-]. The van der Waals surface area contributed by atoms with Gasteiger partial charge in [0.15, 0.2) is 0 Å². The summed E-state index contributed by atoms with van der Waals surface area (Å²) in [6, 6.07) is 0. The molecular formula is C7H10O3S2. The fraction of sp³-hybridized carbons (Fsp3) is 0.571. The van der Waals surface area contributed by atoms with Crippen molar-refractivity contribution in [1.29, 1.82) is 0 Å². The van der Waals surface area contributed by atoms with E-state index in [1.54, 1.807) is 12.3 Å². The van der Waals surface area contributed by atoms with E-state index in [-0.39, 0.29) is 0 Å². The second-order valence-corrected chi connectivity index (χ2v) is 4.64. The van der Waals surface area contributed by atoms with Crippen LogP contribution in [0.3, 0.4) is 0 Å². The van der Waals surface area contributed by atoms with Crippen LogP contribution in [-0.2, 0) is 20.7 Å². The lowest BCUT2D eigenvalue weighted by molar-refractivity contribution is -0.137. The molecule has 0 saturated carbocycles. The number of thioether (sulfide) groups is 1. The Labute approximate surface area is 78.7 Å². The first kappa shape index (κ1) is 9.95. The van der Waals surface area contributed by atoms with Crippen LogP contribution in [0, 0.1) is 0 Å². The Morgan fingerprint density at radius 1 is 1.92 bits per heavy atom. The smallest absolute Gasteiger partial charge is 0.387 e. The minimum absolute atomic E-state index is 0.313. The maximum atomic E-state index is 11.2.